The SMILES string of the molecule is O=C(NCCc1c[nH]c2ccccc12)C1(c2cccs2)CCOCC1. The van der Waals surface area contributed by atoms with Gasteiger partial charge in [0.2, 0.25) is 5.91 Å². The normalized spacial score (nSPS) is 16.8. The number of amides is 1. The average molecular weight is 354 g/mol. The van der Waals surface area contributed by atoms with Crippen LogP contribution < -0.4 is 5.32 Å². The monoisotopic (exact) mass is 354 g/mol. The summed E-state index contributed by atoms with van der Waals surface area (Å²) in [5.74, 6) is 0.137. The molecule has 3 heterocycles. The third-order valence-electron chi connectivity index (χ3n) is 5.13. The van der Waals surface area contributed by atoms with Gasteiger partial charge in [0.05, 0.1) is 5.41 Å². The van der Waals surface area contributed by atoms with E-state index in [1.807, 2.05) is 29.8 Å². The minimum Gasteiger partial charge on any atom is -0.381 e. The average Bonchev–Trinajstić information content (AvgIpc) is 3.33. The number of fused-ring (bicyclic) bond motifs is 1. The number of nitrogens with one attached hydrogen (secondary N) is 2. The van der Waals surface area contributed by atoms with Crippen LogP contribution in [0.1, 0.15) is 23.3 Å². The molecule has 1 aromatic carbocycles. The maximum atomic E-state index is 13.0. The minimum absolute atomic E-state index is 0.137. The van der Waals surface area contributed by atoms with Crippen molar-refractivity contribution in [3.63, 3.8) is 0 Å². The Morgan fingerprint density at radius 3 is 2.84 bits per heavy atom. The lowest BCUT2D eigenvalue weighted by Gasteiger charge is -2.35. The second kappa shape index (κ2) is 7.02. The summed E-state index contributed by atoms with van der Waals surface area (Å²) in [6.07, 6.45) is 4.38. The summed E-state index contributed by atoms with van der Waals surface area (Å²) in [5, 5.41) is 6.46. The minimum atomic E-state index is -0.424. The van der Waals surface area contributed by atoms with Crippen molar-refractivity contribution in [2.24, 2.45) is 0 Å². The number of carbonyl (C=O) groups is 1. The molecule has 1 aliphatic heterocycles. The van der Waals surface area contributed by atoms with Crippen LogP contribution in [0.2, 0.25) is 0 Å². The van der Waals surface area contributed by atoms with Gasteiger partial charge in [-0.3, -0.25) is 4.79 Å². The van der Waals surface area contributed by atoms with E-state index in [9.17, 15) is 4.79 Å². The number of hydrogen-bond acceptors (Lipinski definition) is 3. The van der Waals surface area contributed by atoms with E-state index in [4.69, 9.17) is 4.74 Å². The van der Waals surface area contributed by atoms with E-state index in [0.29, 0.717) is 19.8 Å². The second-order valence-electron chi connectivity index (χ2n) is 6.54. The number of aromatic nitrogens is 1. The van der Waals surface area contributed by atoms with E-state index in [1.165, 1.54) is 10.9 Å². The molecule has 25 heavy (non-hydrogen) atoms. The molecule has 2 N–H and O–H groups in total. The lowest BCUT2D eigenvalue weighted by atomic mass is 9.78. The molecular formula is C20H22N2O2S. The zero-order valence-electron chi connectivity index (χ0n) is 14.1. The molecule has 0 bridgehead atoms. The van der Waals surface area contributed by atoms with Gasteiger partial charge in [0, 0.05) is 41.7 Å². The smallest absolute Gasteiger partial charge is 0.231 e. The number of carbonyl (C=O) groups excluding carboxylic acids is 1. The molecule has 5 heteroatoms. The first-order valence-electron chi connectivity index (χ1n) is 8.75. The molecule has 4 nitrogen and oxygen atoms in total. The first-order valence-corrected chi connectivity index (χ1v) is 9.63. The Labute approximate surface area is 151 Å². The van der Waals surface area contributed by atoms with Gasteiger partial charge in [-0.1, -0.05) is 24.3 Å². The van der Waals surface area contributed by atoms with E-state index in [2.05, 4.69) is 28.5 Å². The van der Waals surface area contributed by atoms with E-state index in [1.54, 1.807) is 11.3 Å². The summed E-state index contributed by atoms with van der Waals surface area (Å²) in [7, 11) is 0. The second-order valence-corrected chi connectivity index (χ2v) is 7.48. The number of benzene rings is 1. The molecule has 1 fully saturated rings. The van der Waals surface area contributed by atoms with Crippen molar-refractivity contribution in [2.75, 3.05) is 19.8 Å². The molecule has 4 rings (SSSR count). The zero-order chi connectivity index (χ0) is 17.1. The fourth-order valence-electron chi connectivity index (χ4n) is 3.67. The largest absolute Gasteiger partial charge is 0.381 e. The lowest BCUT2D eigenvalue weighted by molar-refractivity contribution is -0.130. The van der Waals surface area contributed by atoms with Crippen molar-refractivity contribution >= 4 is 28.1 Å². The van der Waals surface area contributed by atoms with Crippen LogP contribution in [-0.4, -0.2) is 30.6 Å². The molecule has 130 valence electrons. The molecule has 3 aromatic rings. The van der Waals surface area contributed by atoms with Gasteiger partial charge in [0.15, 0.2) is 0 Å². The van der Waals surface area contributed by atoms with Crippen LogP contribution in [0.5, 0.6) is 0 Å². The van der Waals surface area contributed by atoms with Gasteiger partial charge in [-0.25, -0.2) is 0 Å². The highest BCUT2D eigenvalue weighted by molar-refractivity contribution is 7.10. The highest BCUT2D eigenvalue weighted by atomic mass is 32.1. The number of hydrogen-bond donors (Lipinski definition) is 2. The van der Waals surface area contributed by atoms with E-state index < -0.39 is 5.41 Å². The summed E-state index contributed by atoms with van der Waals surface area (Å²) >= 11 is 1.67. The molecule has 0 unspecified atom stereocenters. The van der Waals surface area contributed by atoms with Crippen LogP contribution in [-0.2, 0) is 21.4 Å². The quantitative estimate of drug-likeness (QED) is 0.735. The number of para-hydroxylation sites is 1. The summed E-state index contributed by atoms with van der Waals surface area (Å²) < 4.78 is 5.51. The van der Waals surface area contributed by atoms with Crippen LogP contribution in [0.25, 0.3) is 10.9 Å². The molecule has 0 aliphatic carbocycles. The standard InChI is InChI=1S/C20H22N2O2S/c23-19(20(8-11-24-12-9-20)18-6-3-13-25-18)21-10-7-15-14-22-17-5-2-1-4-16(15)17/h1-6,13-14,22H,7-12H2,(H,21,23). The third kappa shape index (κ3) is 3.10. The molecule has 1 saturated heterocycles. The van der Waals surface area contributed by atoms with Gasteiger partial charge < -0.3 is 15.0 Å². The number of H-pyrrole nitrogens is 1. The van der Waals surface area contributed by atoms with Crippen molar-refractivity contribution in [3.8, 4) is 0 Å². The van der Waals surface area contributed by atoms with Crippen molar-refractivity contribution in [1.29, 1.82) is 0 Å². The van der Waals surface area contributed by atoms with Crippen LogP contribution >= 0.6 is 11.3 Å². The van der Waals surface area contributed by atoms with E-state index >= 15 is 0 Å². The first-order chi connectivity index (χ1) is 12.3. The first kappa shape index (κ1) is 16.4. The molecular weight excluding hydrogens is 332 g/mol. The summed E-state index contributed by atoms with van der Waals surface area (Å²) in [4.78, 5) is 17.5. The maximum Gasteiger partial charge on any atom is 0.231 e. The van der Waals surface area contributed by atoms with Crippen LogP contribution in [0.4, 0.5) is 0 Å². The van der Waals surface area contributed by atoms with E-state index in [-0.39, 0.29) is 5.91 Å². The highest BCUT2D eigenvalue weighted by Gasteiger charge is 2.42. The van der Waals surface area contributed by atoms with Gasteiger partial charge >= 0.3 is 0 Å². The maximum absolute atomic E-state index is 13.0. The van der Waals surface area contributed by atoms with Gasteiger partial charge in [-0.05, 0) is 42.3 Å². The van der Waals surface area contributed by atoms with Gasteiger partial charge in [-0.15, -0.1) is 11.3 Å². The Hall–Kier alpha value is -2.11. The Morgan fingerprint density at radius 1 is 1.20 bits per heavy atom. The van der Waals surface area contributed by atoms with Crippen LogP contribution in [0.15, 0.2) is 48.0 Å². The van der Waals surface area contributed by atoms with Gasteiger partial charge in [-0.2, -0.15) is 0 Å². The molecule has 0 atom stereocenters. The van der Waals surface area contributed by atoms with Crippen molar-refractivity contribution in [1.82, 2.24) is 10.3 Å². The van der Waals surface area contributed by atoms with Crippen LogP contribution in [0.3, 0.4) is 0 Å². The predicted octanol–water partition coefficient (Wildman–Crippen LogP) is 3.64. The number of ether oxygens (including phenoxy) is 1. The molecule has 2 aromatic heterocycles. The summed E-state index contributed by atoms with van der Waals surface area (Å²) in [6.45, 7) is 1.94. The zero-order valence-corrected chi connectivity index (χ0v) is 14.9. The number of aromatic amines is 1. The lowest BCUT2D eigenvalue weighted by Crippen LogP contribution is -2.48. The Bertz CT molecular complexity index is 848. The number of thiophene rings is 1. The molecule has 1 amide bonds. The fraction of sp³-hybridized carbons (Fsp3) is 0.350. The molecule has 0 radical (unpaired) electrons. The van der Waals surface area contributed by atoms with Gasteiger partial charge in [0.1, 0.15) is 0 Å². The summed E-state index contributed by atoms with van der Waals surface area (Å²) in [6, 6.07) is 12.4. The topological polar surface area (TPSA) is 54.1 Å². The molecule has 1 aliphatic rings. The Kier molecular flexibility index (Phi) is 4.59. The van der Waals surface area contributed by atoms with Crippen molar-refractivity contribution in [3.05, 3.63) is 58.4 Å². The van der Waals surface area contributed by atoms with Crippen molar-refractivity contribution in [2.45, 2.75) is 24.7 Å². The van der Waals surface area contributed by atoms with Crippen LogP contribution in [0, 0.1) is 0 Å². The highest BCUT2D eigenvalue weighted by Crippen LogP contribution is 2.37. The fourth-order valence-corrected chi connectivity index (χ4v) is 4.66. The predicted molar refractivity (Wildman–Crippen MR) is 101 cm³/mol. The summed E-state index contributed by atoms with van der Waals surface area (Å²) in [5.41, 5.74) is 1.96. The molecule has 0 spiro atoms. The third-order valence-corrected chi connectivity index (χ3v) is 6.20. The molecule has 0 saturated carbocycles. The Morgan fingerprint density at radius 2 is 2.04 bits per heavy atom. The Balaban J connectivity index is 1.45. The van der Waals surface area contributed by atoms with Gasteiger partial charge in [0.25, 0.3) is 0 Å². The van der Waals surface area contributed by atoms with Crippen molar-refractivity contribution < 1.29 is 9.53 Å². The van der Waals surface area contributed by atoms with E-state index in [0.717, 1.165) is 29.7 Å². The number of rotatable bonds is 5.